The number of phenolic OH excluding ortho intramolecular Hbond substituents is 2. The van der Waals surface area contributed by atoms with Crippen LogP contribution in [0.15, 0.2) is 18.2 Å². The summed E-state index contributed by atoms with van der Waals surface area (Å²) in [5.74, 6) is -1.85. The zero-order chi connectivity index (χ0) is 15.1. The van der Waals surface area contributed by atoms with Crippen molar-refractivity contribution in [2.45, 2.75) is 12.5 Å². The molecule has 1 aromatic rings. The Morgan fingerprint density at radius 2 is 1.95 bits per heavy atom. The van der Waals surface area contributed by atoms with Crippen molar-refractivity contribution in [1.29, 1.82) is 0 Å². The number of carboxylic acids is 1. The molecular formula is C12H17N3O5. The van der Waals surface area contributed by atoms with E-state index in [-0.39, 0.29) is 31.0 Å². The van der Waals surface area contributed by atoms with E-state index in [0.717, 1.165) is 0 Å². The van der Waals surface area contributed by atoms with E-state index < -0.39 is 18.0 Å². The van der Waals surface area contributed by atoms with Crippen LogP contribution in [0.3, 0.4) is 0 Å². The van der Waals surface area contributed by atoms with E-state index in [2.05, 4.69) is 10.6 Å². The topological polar surface area (TPSA) is 145 Å². The second-order valence-corrected chi connectivity index (χ2v) is 4.11. The zero-order valence-corrected chi connectivity index (χ0v) is 10.7. The third kappa shape index (κ3) is 4.65. The largest absolute Gasteiger partial charge is 0.504 e. The van der Waals surface area contributed by atoms with Gasteiger partial charge < -0.3 is 31.7 Å². The van der Waals surface area contributed by atoms with Crippen LogP contribution < -0.4 is 16.4 Å². The maximum Gasteiger partial charge on any atom is 0.326 e. The molecule has 8 heteroatoms. The molecule has 0 radical (unpaired) electrons. The molecule has 0 aliphatic rings. The van der Waals surface area contributed by atoms with Crippen LogP contribution in [0.1, 0.15) is 5.56 Å². The molecule has 0 aliphatic heterocycles. The van der Waals surface area contributed by atoms with Crippen LogP contribution in [0.2, 0.25) is 0 Å². The first-order chi connectivity index (χ1) is 9.43. The maximum absolute atomic E-state index is 11.4. The highest BCUT2D eigenvalue weighted by molar-refractivity contribution is 5.82. The number of carboxylic acid groups (broad SMARTS) is 1. The third-order valence-corrected chi connectivity index (χ3v) is 2.51. The van der Waals surface area contributed by atoms with Gasteiger partial charge in [0.05, 0.1) is 0 Å². The van der Waals surface area contributed by atoms with Gasteiger partial charge in [-0.3, -0.25) is 0 Å². The number of carbonyl (C=O) groups is 2. The number of aliphatic carboxylic acids is 1. The van der Waals surface area contributed by atoms with E-state index in [4.69, 9.17) is 10.8 Å². The predicted molar refractivity (Wildman–Crippen MR) is 70.5 cm³/mol. The van der Waals surface area contributed by atoms with Crippen LogP contribution in [0, 0.1) is 0 Å². The lowest BCUT2D eigenvalue weighted by Crippen LogP contribution is -2.48. The summed E-state index contributed by atoms with van der Waals surface area (Å²) in [6, 6.07) is 2.16. The Bertz CT molecular complexity index is 492. The van der Waals surface area contributed by atoms with Crippen molar-refractivity contribution >= 4 is 12.0 Å². The molecule has 0 fully saturated rings. The fraction of sp³-hybridized carbons (Fsp3) is 0.333. The van der Waals surface area contributed by atoms with Crippen LogP contribution in [-0.4, -0.2) is 46.5 Å². The minimum absolute atomic E-state index is 0.0286. The molecule has 1 atom stereocenters. The highest BCUT2D eigenvalue weighted by atomic mass is 16.4. The molecule has 0 spiro atoms. The van der Waals surface area contributed by atoms with Gasteiger partial charge in [-0.2, -0.15) is 0 Å². The van der Waals surface area contributed by atoms with Gasteiger partial charge in [0.15, 0.2) is 11.5 Å². The molecule has 1 rings (SSSR count). The highest BCUT2D eigenvalue weighted by Gasteiger charge is 2.20. The first-order valence-corrected chi connectivity index (χ1v) is 5.92. The van der Waals surface area contributed by atoms with E-state index in [1.807, 2.05) is 0 Å². The molecule has 0 saturated carbocycles. The molecular weight excluding hydrogens is 266 g/mol. The average Bonchev–Trinajstić information content (AvgIpc) is 2.39. The lowest BCUT2D eigenvalue weighted by molar-refractivity contribution is -0.139. The van der Waals surface area contributed by atoms with Crippen molar-refractivity contribution in [1.82, 2.24) is 10.6 Å². The summed E-state index contributed by atoms with van der Waals surface area (Å²) in [4.78, 5) is 22.5. The second-order valence-electron chi connectivity index (χ2n) is 4.11. The van der Waals surface area contributed by atoms with Crippen molar-refractivity contribution in [3.8, 4) is 11.5 Å². The SMILES string of the molecule is NCCNC(=O)N[C@@H](Cc1ccc(O)c(O)c1)C(=O)O. The summed E-state index contributed by atoms with van der Waals surface area (Å²) in [7, 11) is 0. The quantitative estimate of drug-likeness (QED) is 0.383. The number of carbonyl (C=O) groups excluding carboxylic acids is 1. The first-order valence-electron chi connectivity index (χ1n) is 5.92. The van der Waals surface area contributed by atoms with Crippen molar-refractivity contribution in [3.63, 3.8) is 0 Å². The minimum Gasteiger partial charge on any atom is -0.504 e. The zero-order valence-electron chi connectivity index (χ0n) is 10.7. The summed E-state index contributed by atoms with van der Waals surface area (Å²) in [5.41, 5.74) is 5.68. The minimum atomic E-state index is -1.21. The first kappa shape index (κ1) is 15.6. The number of nitrogens with one attached hydrogen (secondary N) is 2. The van der Waals surface area contributed by atoms with Gasteiger partial charge in [0.2, 0.25) is 0 Å². The van der Waals surface area contributed by atoms with Crippen LogP contribution in [-0.2, 0) is 11.2 Å². The molecule has 0 unspecified atom stereocenters. The van der Waals surface area contributed by atoms with E-state index in [9.17, 15) is 19.8 Å². The summed E-state index contributed by atoms with van der Waals surface area (Å²) < 4.78 is 0. The molecule has 2 amide bonds. The van der Waals surface area contributed by atoms with Crippen molar-refractivity contribution in [2.24, 2.45) is 5.73 Å². The molecule has 110 valence electrons. The number of phenols is 2. The van der Waals surface area contributed by atoms with Gasteiger partial charge in [0.1, 0.15) is 6.04 Å². The van der Waals surface area contributed by atoms with Crippen LogP contribution in [0.5, 0.6) is 11.5 Å². The molecule has 0 aliphatic carbocycles. The summed E-state index contributed by atoms with van der Waals surface area (Å²) in [6.45, 7) is 0.481. The molecule has 0 saturated heterocycles. The van der Waals surface area contributed by atoms with Crippen molar-refractivity contribution in [3.05, 3.63) is 23.8 Å². The van der Waals surface area contributed by atoms with Crippen LogP contribution in [0.4, 0.5) is 4.79 Å². The molecule has 7 N–H and O–H groups in total. The van der Waals surface area contributed by atoms with Gasteiger partial charge >= 0.3 is 12.0 Å². The van der Waals surface area contributed by atoms with Gasteiger partial charge in [-0.25, -0.2) is 9.59 Å². The fourth-order valence-electron chi connectivity index (χ4n) is 1.53. The Morgan fingerprint density at radius 1 is 1.25 bits per heavy atom. The number of rotatable bonds is 6. The van der Waals surface area contributed by atoms with E-state index in [1.165, 1.54) is 18.2 Å². The van der Waals surface area contributed by atoms with Gasteiger partial charge in [-0.15, -0.1) is 0 Å². The Labute approximate surface area is 115 Å². The summed E-state index contributed by atoms with van der Waals surface area (Å²) >= 11 is 0. The molecule has 0 aromatic heterocycles. The van der Waals surface area contributed by atoms with Crippen molar-refractivity contribution < 1.29 is 24.9 Å². The highest BCUT2D eigenvalue weighted by Crippen LogP contribution is 2.25. The lowest BCUT2D eigenvalue weighted by Gasteiger charge is -2.15. The predicted octanol–water partition coefficient (Wildman–Crippen LogP) is -0.649. The van der Waals surface area contributed by atoms with Gasteiger partial charge in [-0.05, 0) is 17.7 Å². The van der Waals surface area contributed by atoms with E-state index in [1.54, 1.807) is 0 Å². The summed E-state index contributed by atoms with van der Waals surface area (Å²) in [6.07, 6.45) is -0.0286. The monoisotopic (exact) mass is 283 g/mol. The number of urea groups is 1. The number of aromatic hydroxyl groups is 2. The molecule has 0 bridgehead atoms. The Kier molecular flexibility index (Phi) is 5.60. The average molecular weight is 283 g/mol. The molecule has 8 nitrogen and oxygen atoms in total. The van der Waals surface area contributed by atoms with Gasteiger partial charge in [-0.1, -0.05) is 6.07 Å². The molecule has 0 heterocycles. The standard InChI is InChI=1S/C12H17N3O5/c13-3-4-14-12(20)15-8(11(18)19)5-7-1-2-9(16)10(17)6-7/h1-2,6,8,16-17H,3-5,13H2,(H,18,19)(H2,14,15,20)/t8-/m0/s1. The van der Waals surface area contributed by atoms with Crippen LogP contribution >= 0.6 is 0 Å². The number of hydrogen-bond acceptors (Lipinski definition) is 5. The normalized spacial score (nSPS) is 11.7. The van der Waals surface area contributed by atoms with E-state index in [0.29, 0.717) is 5.56 Å². The number of hydrogen-bond donors (Lipinski definition) is 6. The van der Waals surface area contributed by atoms with E-state index >= 15 is 0 Å². The number of nitrogens with two attached hydrogens (primary N) is 1. The summed E-state index contributed by atoms with van der Waals surface area (Å²) in [5, 5.41) is 32.2. The van der Waals surface area contributed by atoms with Gasteiger partial charge in [0, 0.05) is 19.5 Å². The Morgan fingerprint density at radius 3 is 2.50 bits per heavy atom. The molecule has 20 heavy (non-hydrogen) atoms. The maximum atomic E-state index is 11.4. The Balaban J connectivity index is 2.69. The number of benzene rings is 1. The van der Waals surface area contributed by atoms with Gasteiger partial charge in [0.25, 0.3) is 0 Å². The fourth-order valence-corrected chi connectivity index (χ4v) is 1.53. The molecule has 1 aromatic carbocycles. The second kappa shape index (κ2) is 7.19. The third-order valence-electron chi connectivity index (χ3n) is 2.51. The smallest absolute Gasteiger partial charge is 0.326 e. The lowest BCUT2D eigenvalue weighted by atomic mass is 10.1. The van der Waals surface area contributed by atoms with Crippen LogP contribution in [0.25, 0.3) is 0 Å². The van der Waals surface area contributed by atoms with Crippen molar-refractivity contribution in [2.75, 3.05) is 13.1 Å². The Hall–Kier alpha value is -2.48. The number of amides is 2.